The zero-order valence-electron chi connectivity index (χ0n) is 12.4. The molecule has 3 rings (SSSR count). The monoisotopic (exact) mass is 317 g/mol. The highest BCUT2D eigenvalue weighted by molar-refractivity contribution is 5.83. The molecule has 0 saturated carbocycles. The molecule has 2 aromatic carbocycles. The number of rotatable bonds is 3. The van der Waals surface area contributed by atoms with Crippen molar-refractivity contribution in [2.75, 3.05) is 0 Å². The summed E-state index contributed by atoms with van der Waals surface area (Å²) in [5.74, 6) is -2.25. The Kier molecular flexibility index (Phi) is 3.94. The summed E-state index contributed by atoms with van der Waals surface area (Å²) in [6, 6.07) is 9.01. The highest BCUT2D eigenvalue weighted by atomic mass is 19.1. The molecule has 0 amide bonds. The third kappa shape index (κ3) is 2.63. The minimum Gasteiger partial charge on any atom is -0.278 e. The second kappa shape index (κ2) is 5.91. The maximum Gasteiger partial charge on any atom is 0.266 e. The molecule has 0 N–H and O–H groups in total. The third-order valence-corrected chi connectivity index (χ3v) is 3.73. The Morgan fingerprint density at radius 2 is 1.78 bits per heavy atom. The minimum absolute atomic E-state index is 0.0787. The molecule has 23 heavy (non-hydrogen) atoms. The van der Waals surface area contributed by atoms with Crippen molar-refractivity contribution < 1.29 is 13.2 Å². The molecule has 0 fully saturated rings. The number of hydrogen-bond donors (Lipinski definition) is 0. The molecule has 0 aliphatic carbocycles. The van der Waals surface area contributed by atoms with Gasteiger partial charge < -0.3 is 0 Å². The van der Waals surface area contributed by atoms with Crippen LogP contribution < -0.4 is 5.56 Å². The van der Waals surface area contributed by atoms with Gasteiger partial charge in [0.25, 0.3) is 5.56 Å². The Bertz CT molecular complexity index is 947. The van der Waals surface area contributed by atoms with Crippen molar-refractivity contribution in [3.63, 3.8) is 0 Å². The van der Waals surface area contributed by atoms with E-state index in [1.807, 2.05) is 6.92 Å². The molecule has 0 saturated heterocycles. The predicted molar refractivity (Wildman–Crippen MR) is 83.4 cm³/mol. The van der Waals surface area contributed by atoms with E-state index in [1.54, 1.807) is 12.1 Å². The number of nitrogens with zero attached hydrogens (tertiary/aromatic N) is 1. The van der Waals surface area contributed by atoms with Crippen molar-refractivity contribution in [1.29, 1.82) is 0 Å². The van der Waals surface area contributed by atoms with Gasteiger partial charge in [-0.25, -0.2) is 13.2 Å². The lowest BCUT2D eigenvalue weighted by molar-refractivity contribution is 0.574. The molecule has 0 aliphatic rings. The fourth-order valence-corrected chi connectivity index (χ4v) is 2.74. The van der Waals surface area contributed by atoms with Gasteiger partial charge in [-0.2, -0.15) is 0 Å². The van der Waals surface area contributed by atoms with Crippen molar-refractivity contribution in [3.05, 3.63) is 76.0 Å². The first-order valence-electron chi connectivity index (χ1n) is 7.31. The number of aryl methyl sites for hydroxylation is 1. The molecule has 3 aromatic rings. The van der Waals surface area contributed by atoms with Crippen LogP contribution in [0.2, 0.25) is 0 Å². The predicted octanol–water partition coefficient (Wildman–Crippen LogP) is 4.36. The Morgan fingerprint density at radius 3 is 2.48 bits per heavy atom. The molecule has 5 heteroatoms. The molecule has 118 valence electrons. The summed E-state index contributed by atoms with van der Waals surface area (Å²) in [6.07, 6.45) is 1.24. The van der Waals surface area contributed by atoms with Gasteiger partial charge in [0.1, 0.15) is 17.5 Å². The Morgan fingerprint density at radius 1 is 1.00 bits per heavy atom. The lowest BCUT2D eigenvalue weighted by Gasteiger charge is -2.15. The fraction of sp³-hybridized carbons (Fsp3) is 0.167. The molecule has 0 spiro atoms. The van der Waals surface area contributed by atoms with E-state index in [2.05, 4.69) is 0 Å². The first-order chi connectivity index (χ1) is 11.0. The van der Waals surface area contributed by atoms with Crippen LogP contribution in [0.25, 0.3) is 16.5 Å². The maximum atomic E-state index is 14.1. The van der Waals surface area contributed by atoms with Gasteiger partial charge in [-0.15, -0.1) is 0 Å². The van der Waals surface area contributed by atoms with Gasteiger partial charge in [0.15, 0.2) is 0 Å². The Labute approximate surface area is 130 Å². The molecule has 0 unspecified atom stereocenters. The molecular formula is C18H14F3NO. The Hall–Kier alpha value is -2.56. The summed E-state index contributed by atoms with van der Waals surface area (Å²) in [4.78, 5) is 12.7. The summed E-state index contributed by atoms with van der Waals surface area (Å²) in [7, 11) is 0. The van der Waals surface area contributed by atoms with Crippen LogP contribution in [-0.2, 0) is 6.42 Å². The van der Waals surface area contributed by atoms with Crippen molar-refractivity contribution in [1.82, 2.24) is 4.57 Å². The number of benzene rings is 2. The van der Waals surface area contributed by atoms with Crippen LogP contribution in [0.4, 0.5) is 13.2 Å². The zero-order valence-corrected chi connectivity index (χ0v) is 12.4. The van der Waals surface area contributed by atoms with Gasteiger partial charge in [0.05, 0.1) is 11.1 Å². The maximum absolute atomic E-state index is 14.1. The molecular weight excluding hydrogens is 303 g/mol. The third-order valence-electron chi connectivity index (χ3n) is 3.73. The van der Waals surface area contributed by atoms with Gasteiger partial charge in [0.2, 0.25) is 0 Å². The molecule has 2 nitrogen and oxygen atoms in total. The van der Waals surface area contributed by atoms with Gasteiger partial charge in [-0.3, -0.25) is 9.36 Å². The summed E-state index contributed by atoms with van der Waals surface area (Å²) >= 11 is 0. The molecule has 0 atom stereocenters. The molecule has 1 heterocycles. The largest absolute Gasteiger partial charge is 0.278 e. The summed E-state index contributed by atoms with van der Waals surface area (Å²) in [6.45, 7) is 1.92. The van der Waals surface area contributed by atoms with E-state index < -0.39 is 23.0 Å². The Balaban J connectivity index is 2.42. The van der Waals surface area contributed by atoms with E-state index in [0.717, 1.165) is 17.1 Å². The van der Waals surface area contributed by atoms with Crippen molar-refractivity contribution in [3.8, 4) is 5.69 Å². The SMILES string of the molecule is CCCc1cc2cccc(F)c2c(=O)n1-c1ccc(F)cc1F. The number of pyridine rings is 1. The van der Waals surface area contributed by atoms with E-state index in [1.165, 1.54) is 18.2 Å². The smallest absolute Gasteiger partial charge is 0.266 e. The van der Waals surface area contributed by atoms with E-state index >= 15 is 0 Å². The lowest BCUT2D eigenvalue weighted by atomic mass is 10.1. The topological polar surface area (TPSA) is 22.0 Å². The summed E-state index contributed by atoms with van der Waals surface area (Å²) < 4.78 is 42.5. The average molecular weight is 317 g/mol. The first kappa shape index (κ1) is 15.3. The van der Waals surface area contributed by atoms with Crippen LogP contribution in [0, 0.1) is 17.5 Å². The minimum atomic E-state index is -0.861. The second-order valence-electron chi connectivity index (χ2n) is 5.33. The van der Waals surface area contributed by atoms with Crippen molar-refractivity contribution in [2.45, 2.75) is 19.8 Å². The molecule has 0 bridgehead atoms. The van der Waals surface area contributed by atoms with E-state index in [4.69, 9.17) is 0 Å². The second-order valence-corrected chi connectivity index (χ2v) is 5.33. The first-order valence-corrected chi connectivity index (χ1v) is 7.31. The van der Waals surface area contributed by atoms with Crippen LogP contribution in [0.15, 0.2) is 47.3 Å². The molecule has 1 aromatic heterocycles. The number of halogens is 3. The van der Waals surface area contributed by atoms with E-state index in [0.29, 0.717) is 23.6 Å². The number of hydrogen-bond acceptors (Lipinski definition) is 1. The highest BCUT2D eigenvalue weighted by Crippen LogP contribution is 2.21. The number of aromatic nitrogens is 1. The quantitative estimate of drug-likeness (QED) is 0.703. The normalized spacial score (nSPS) is 11.1. The summed E-state index contributed by atoms with van der Waals surface area (Å²) in [5.41, 5.74) is -0.166. The van der Waals surface area contributed by atoms with Crippen LogP contribution in [0.1, 0.15) is 19.0 Å². The van der Waals surface area contributed by atoms with Crippen LogP contribution in [0.3, 0.4) is 0 Å². The molecule has 0 aliphatic heterocycles. The lowest BCUT2D eigenvalue weighted by Crippen LogP contribution is -2.24. The standard InChI is InChI=1S/C18H14F3NO/c1-2-4-13-9-11-5-3-6-14(20)17(11)18(23)22(13)16-8-7-12(19)10-15(16)21/h3,5-10H,2,4H2,1H3. The van der Waals surface area contributed by atoms with E-state index in [9.17, 15) is 18.0 Å². The average Bonchev–Trinajstić information content (AvgIpc) is 2.49. The van der Waals surface area contributed by atoms with Gasteiger partial charge >= 0.3 is 0 Å². The highest BCUT2D eigenvalue weighted by Gasteiger charge is 2.16. The number of fused-ring (bicyclic) bond motifs is 1. The van der Waals surface area contributed by atoms with Crippen LogP contribution in [-0.4, -0.2) is 4.57 Å². The van der Waals surface area contributed by atoms with Gasteiger partial charge in [0, 0.05) is 11.8 Å². The van der Waals surface area contributed by atoms with Crippen LogP contribution in [0.5, 0.6) is 0 Å². The fourth-order valence-electron chi connectivity index (χ4n) is 2.74. The van der Waals surface area contributed by atoms with Gasteiger partial charge in [-0.1, -0.05) is 25.5 Å². The van der Waals surface area contributed by atoms with Crippen LogP contribution >= 0.6 is 0 Å². The van der Waals surface area contributed by atoms with Gasteiger partial charge in [-0.05, 0) is 36.1 Å². The van der Waals surface area contributed by atoms with E-state index in [-0.39, 0.29) is 11.1 Å². The zero-order chi connectivity index (χ0) is 16.6. The summed E-state index contributed by atoms with van der Waals surface area (Å²) in [5, 5.41) is 0.369. The van der Waals surface area contributed by atoms with Crippen molar-refractivity contribution >= 4 is 10.8 Å². The molecule has 0 radical (unpaired) electrons. The van der Waals surface area contributed by atoms with Crippen molar-refractivity contribution in [2.24, 2.45) is 0 Å².